The van der Waals surface area contributed by atoms with Gasteiger partial charge in [0.1, 0.15) is 11.9 Å². The van der Waals surface area contributed by atoms with Crippen LogP contribution in [0.4, 0.5) is 10.5 Å². The molecule has 1 amide bonds. The van der Waals surface area contributed by atoms with Crippen molar-refractivity contribution in [2.75, 3.05) is 13.1 Å². The van der Waals surface area contributed by atoms with Crippen LogP contribution in [0.1, 0.15) is 17.9 Å². The lowest BCUT2D eigenvalue weighted by atomic mass is 9.88. The van der Waals surface area contributed by atoms with Gasteiger partial charge in [0, 0.05) is 37.6 Å². The smallest absolute Gasteiger partial charge is 0.414 e. The molecular weight excluding hydrogens is 348 g/mol. The first kappa shape index (κ1) is 18.4. The van der Waals surface area contributed by atoms with Crippen LogP contribution in [0.5, 0.6) is 5.75 Å². The van der Waals surface area contributed by atoms with E-state index in [1.54, 1.807) is 17.0 Å². The number of benzene rings is 2. The predicted molar refractivity (Wildman–Crippen MR) is 99.6 cm³/mol. The number of nitrogens with zero attached hydrogens (tertiary/aromatic N) is 2. The molecule has 0 saturated carbocycles. The van der Waals surface area contributed by atoms with Gasteiger partial charge in [-0.15, -0.1) is 0 Å². The second kappa shape index (κ2) is 8.35. The van der Waals surface area contributed by atoms with E-state index in [0.29, 0.717) is 25.3 Å². The van der Waals surface area contributed by atoms with Gasteiger partial charge in [0.25, 0.3) is 5.69 Å². The Labute approximate surface area is 157 Å². The Morgan fingerprint density at radius 3 is 2.52 bits per heavy atom. The normalized spacial score (nSPS) is 19.2. The van der Waals surface area contributed by atoms with Crippen molar-refractivity contribution in [2.24, 2.45) is 0 Å². The van der Waals surface area contributed by atoms with Crippen LogP contribution in [0.15, 0.2) is 67.4 Å². The zero-order valence-corrected chi connectivity index (χ0v) is 14.7. The summed E-state index contributed by atoms with van der Waals surface area (Å²) in [6.45, 7) is 4.37. The van der Waals surface area contributed by atoms with Crippen LogP contribution in [-0.2, 0) is 4.74 Å². The molecule has 1 heterocycles. The van der Waals surface area contributed by atoms with Crippen molar-refractivity contribution in [3.63, 3.8) is 0 Å². The summed E-state index contributed by atoms with van der Waals surface area (Å²) in [5.74, 6) is 0.515. The Kier molecular flexibility index (Phi) is 5.71. The molecule has 0 radical (unpaired) electrons. The highest BCUT2D eigenvalue weighted by Crippen LogP contribution is 2.31. The van der Waals surface area contributed by atoms with Crippen LogP contribution in [0.3, 0.4) is 0 Å². The zero-order valence-electron chi connectivity index (χ0n) is 14.7. The summed E-state index contributed by atoms with van der Waals surface area (Å²) >= 11 is 0. The molecule has 7 nitrogen and oxygen atoms in total. The number of rotatable bonds is 5. The topological polar surface area (TPSA) is 81.9 Å². The van der Waals surface area contributed by atoms with E-state index in [0.717, 1.165) is 11.8 Å². The molecule has 3 rings (SSSR count). The van der Waals surface area contributed by atoms with Crippen molar-refractivity contribution in [2.45, 2.75) is 18.4 Å². The average molecular weight is 368 g/mol. The Bertz CT molecular complexity index is 807. The first-order chi connectivity index (χ1) is 13.1. The summed E-state index contributed by atoms with van der Waals surface area (Å²) in [6, 6.07) is 15.9. The van der Waals surface area contributed by atoms with E-state index >= 15 is 0 Å². The minimum Gasteiger partial charge on any atom is -0.490 e. The molecule has 2 atom stereocenters. The molecule has 0 spiro atoms. The molecule has 2 aromatic rings. The Hall–Kier alpha value is -3.35. The highest BCUT2D eigenvalue weighted by Gasteiger charge is 2.34. The monoisotopic (exact) mass is 368 g/mol. The summed E-state index contributed by atoms with van der Waals surface area (Å²) in [5, 5.41) is 10.8. The van der Waals surface area contributed by atoms with Crippen LogP contribution < -0.4 is 4.74 Å². The Balaban J connectivity index is 1.79. The highest BCUT2D eigenvalue weighted by molar-refractivity contribution is 5.68. The van der Waals surface area contributed by atoms with Crippen LogP contribution in [0.25, 0.3) is 0 Å². The third kappa shape index (κ3) is 4.44. The van der Waals surface area contributed by atoms with Gasteiger partial charge in [-0.25, -0.2) is 4.79 Å². The van der Waals surface area contributed by atoms with Gasteiger partial charge in [-0.1, -0.05) is 36.9 Å². The lowest BCUT2D eigenvalue weighted by molar-refractivity contribution is -0.384. The number of ether oxygens (including phenoxy) is 2. The third-order valence-electron chi connectivity index (χ3n) is 4.55. The highest BCUT2D eigenvalue weighted by atomic mass is 16.6. The van der Waals surface area contributed by atoms with Crippen LogP contribution in [-0.4, -0.2) is 35.1 Å². The van der Waals surface area contributed by atoms with E-state index in [1.807, 2.05) is 30.3 Å². The number of non-ortho nitro benzene ring substituents is 1. The van der Waals surface area contributed by atoms with Crippen molar-refractivity contribution in [3.8, 4) is 5.75 Å². The van der Waals surface area contributed by atoms with Gasteiger partial charge in [0.15, 0.2) is 0 Å². The quantitative estimate of drug-likeness (QED) is 0.451. The van der Waals surface area contributed by atoms with E-state index in [-0.39, 0.29) is 17.7 Å². The van der Waals surface area contributed by atoms with Gasteiger partial charge < -0.3 is 14.4 Å². The summed E-state index contributed by atoms with van der Waals surface area (Å²) in [4.78, 5) is 24.1. The maximum absolute atomic E-state index is 12.1. The van der Waals surface area contributed by atoms with Gasteiger partial charge in [-0.2, -0.15) is 0 Å². The van der Waals surface area contributed by atoms with Crippen molar-refractivity contribution in [1.29, 1.82) is 0 Å². The second-order valence-corrected chi connectivity index (χ2v) is 6.21. The minimum atomic E-state index is -0.444. The Morgan fingerprint density at radius 1 is 1.19 bits per heavy atom. The lowest BCUT2D eigenvalue weighted by Crippen LogP contribution is -2.46. The molecular formula is C20H20N2O5. The van der Waals surface area contributed by atoms with E-state index in [1.165, 1.54) is 12.1 Å². The molecule has 2 aromatic carbocycles. The summed E-state index contributed by atoms with van der Waals surface area (Å²) in [6.07, 6.45) is 1.14. The fourth-order valence-electron chi connectivity index (χ4n) is 3.22. The van der Waals surface area contributed by atoms with Gasteiger partial charge >= 0.3 is 6.09 Å². The summed E-state index contributed by atoms with van der Waals surface area (Å²) in [5.41, 5.74) is 1.07. The van der Waals surface area contributed by atoms with E-state index < -0.39 is 11.0 Å². The first-order valence-electron chi connectivity index (χ1n) is 8.61. The lowest BCUT2D eigenvalue weighted by Gasteiger charge is -2.38. The standard InChI is InChI=1S/C20H20N2O5/c1-2-26-20(23)21-13-12-19(18(14-21)15-6-4-3-5-7-15)27-17-10-8-16(9-11-17)22(24)25/h2-11,18-19H,1,12-14H2. The molecule has 2 unspecified atom stereocenters. The molecule has 27 heavy (non-hydrogen) atoms. The summed E-state index contributed by atoms with van der Waals surface area (Å²) in [7, 11) is 0. The largest absolute Gasteiger partial charge is 0.490 e. The molecule has 0 bridgehead atoms. The number of hydrogen-bond donors (Lipinski definition) is 0. The fourth-order valence-corrected chi connectivity index (χ4v) is 3.22. The molecule has 1 saturated heterocycles. The van der Waals surface area contributed by atoms with E-state index in [2.05, 4.69) is 6.58 Å². The van der Waals surface area contributed by atoms with Crippen molar-refractivity contribution in [1.82, 2.24) is 4.90 Å². The number of amides is 1. The number of hydrogen-bond acceptors (Lipinski definition) is 5. The molecule has 7 heteroatoms. The van der Waals surface area contributed by atoms with Crippen molar-refractivity contribution < 1.29 is 19.2 Å². The predicted octanol–water partition coefficient (Wildman–Crippen LogP) is 4.11. The van der Waals surface area contributed by atoms with Gasteiger partial charge in [-0.3, -0.25) is 10.1 Å². The van der Waals surface area contributed by atoms with Crippen LogP contribution in [0, 0.1) is 10.1 Å². The molecule has 1 aliphatic heterocycles. The van der Waals surface area contributed by atoms with Crippen molar-refractivity contribution >= 4 is 11.8 Å². The van der Waals surface area contributed by atoms with Crippen LogP contribution in [0.2, 0.25) is 0 Å². The molecule has 0 N–H and O–H groups in total. The van der Waals surface area contributed by atoms with Gasteiger partial charge in [0.05, 0.1) is 11.2 Å². The minimum absolute atomic E-state index is 0.0175. The summed E-state index contributed by atoms with van der Waals surface area (Å²) < 4.78 is 11.0. The average Bonchev–Trinajstić information content (AvgIpc) is 2.69. The maximum Gasteiger partial charge on any atom is 0.414 e. The molecule has 1 aliphatic rings. The number of piperidine rings is 1. The molecule has 1 fully saturated rings. The van der Waals surface area contributed by atoms with E-state index in [4.69, 9.17) is 9.47 Å². The first-order valence-corrected chi connectivity index (χ1v) is 8.61. The number of nitro benzene ring substituents is 1. The number of nitro groups is 1. The Morgan fingerprint density at radius 2 is 1.89 bits per heavy atom. The molecule has 140 valence electrons. The maximum atomic E-state index is 12.1. The fraction of sp³-hybridized carbons (Fsp3) is 0.250. The van der Waals surface area contributed by atoms with Crippen LogP contribution >= 0.6 is 0 Å². The zero-order chi connectivity index (χ0) is 19.2. The van der Waals surface area contributed by atoms with Crippen molar-refractivity contribution in [3.05, 3.63) is 83.1 Å². The number of carbonyl (C=O) groups excluding carboxylic acids is 1. The number of likely N-dealkylation sites (tertiary alicyclic amines) is 1. The molecule has 0 aliphatic carbocycles. The molecule has 0 aromatic heterocycles. The third-order valence-corrected chi connectivity index (χ3v) is 4.55. The van der Waals surface area contributed by atoms with E-state index in [9.17, 15) is 14.9 Å². The van der Waals surface area contributed by atoms with Gasteiger partial charge in [-0.05, 0) is 17.7 Å². The second-order valence-electron chi connectivity index (χ2n) is 6.21. The SMILES string of the molecule is C=COC(=O)N1CCC(Oc2ccc([N+](=O)[O-])cc2)C(c2ccccc2)C1. The van der Waals surface area contributed by atoms with Gasteiger partial charge in [0.2, 0.25) is 0 Å². The number of carbonyl (C=O) groups is 1.